The molecule has 3 aromatic heterocycles. The van der Waals surface area contributed by atoms with Gasteiger partial charge in [-0.2, -0.15) is 0 Å². The highest BCUT2D eigenvalue weighted by Gasteiger charge is 2.19. The van der Waals surface area contributed by atoms with Crippen LogP contribution < -0.4 is 10.9 Å². The number of carbonyl (C=O) groups excluding carboxylic acids is 1. The van der Waals surface area contributed by atoms with Crippen LogP contribution >= 0.6 is 11.8 Å². The van der Waals surface area contributed by atoms with Crippen LogP contribution in [0.15, 0.2) is 69.3 Å². The summed E-state index contributed by atoms with van der Waals surface area (Å²) in [6.45, 7) is 2.89. The summed E-state index contributed by atoms with van der Waals surface area (Å²) in [4.78, 5) is 30.5. The van der Waals surface area contributed by atoms with Crippen LogP contribution in [0.5, 0.6) is 0 Å². The molecule has 0 unspecified atom stereocenters. The number of hydrogen-bond acceptors (Lipinski definition) is 5. The molecule has 0 aliphatic rings. The average molecular weight is 437 g/mol. The average Bonchev–Trinajstić information content (AvgIpc) is 3.41. The fourth-order valence-corrected chi connectivity index (χ4v) is 4.34. The molecule has 4 rings (SSSR count). The fourth-order valence-electron chi connectivity index (χ4n) is 3.49. The minimum Gasteiger partial charge on any atom is -0.467 e. The minimum atomic E-state index is -0.143. The van der Waals surface area contributed by atoms with E-state index in [2.05, 4.69) is 5.32 Å². The van der Waals surface area contributed by atoms with E-state index in [0.717, 1.165) is 17.5 Å². The molecular formula is C23H24N4O3S. The minimum absolute atomic E-state index is 0.0879. The Labute approximate surface area is 184 Å². The molecular weight excluding hydrogens is 412 g/mol. The molecule has 8 heteroatoms. The predicted molar refractivity (Wildman–Crippen MR) is 122 cm³/mol. The first-order chi connectivity index (χ1) is 15.1. The smallest absolute Gasteiger partial charge is 0.278 e. The number of nitrogens with zero attached hydrogens (tertiary/aromatic N) is 3. The third-order valence-electron chi connectivity index (χ3n) is 4.95. The van der Waals surface area contributed by atoms with Crippen LogP contribution in [0.3, 0.4) is 0 Å². The van der Waals surface area contributed by atoms with Crippen molar-refractivity contribution < 1.29 is 9.21 Å². The van der Waals surface area contributed by atoms with Crippen LogP contribution in [0.4, 0.5) is 0 Å². The molecule has 160 valence electrons. The van der Waals surface area contributed by atoms with Crippen molar-refractivity contribution in [2.45, 2.75) is 31.6 Å². The number of amides is 1. The number of benzene rings is 1. The number of furan rings is 1. The van der Waals surface area contributed by atoms with E-state index < -0.39 is 0 Å². The van der Waals surface area contributed by atoms with E-state index in [9.17, 15) is 9.59 Å². The first-order valence-electron chi connectivity index (χ1n) is 10.2. The van der Waals surface area contributed by atoms with Crippen molar-refractivity contribution in [2.75, 3.05) is 5.75 Å². The van der Waals surface area contributed by atoms with Gasteiger partial charge in [0.15, 0.2) is 5.16 Å². The molecule has 0 spiro atoms. The van der Waals surface area contributed by atoms with Gasteiger partial charge in [-0.05, 0) is 24.1 Å². The van der Waals surface area contributed by atoms with Gasteiger partial charge in [0.2, 0.25) is 5.91 Å². The summed E-state index contributed by atoms with van der Waals surface area (Å²) in [5.74, 6) is 0.711. The predicted octanol–water partition coefficient (Wildman–Crippen LogP) is 3.81. The maximum Gasteiger partial charge on any atom is 0.278 e. The Morgan fingerprint density at radius 3 is 2.71 bits per heavy atom. The van der Waals surface area contributed by atoms with Crippen molar-refractivity contribution >= 4 is 28.7 Å². The second-order valence-corrected chi connectivity index (χ2v) is 8.16. The lowest BCUT2D eigenvalue weighted by Crippen LogP contribution is -2.27. The number of fused-ring (bicyclic) bond motifs is 1. The topological polar surface area (TPSA) is 82.1 Å². The number of rotatable bonds is 8. The Bertz CT molecular complexity index is 1240. The highest BCUT2D eigenvalue weighted by atomic mass is 32.2. The van der Waals surface area contributed by atoms with Gasteiger partial charge in [0.05, 0.1) is 18.6 Å². The highest BCUT2D eigenvalue weighted by Crippen LogP contribution is 2.29. The quantitative estimate of drug-likeness (QED) is 0.335. The number of aromatic nitrogens is 3. The normalized spacial score (nSPS) is 11.2. The molecule has 1 amide bonds. The van der Waals surface area contributed by atoms with E-state index in [1.165, 1.54) is 11.8 Å². The van der Waals surface area contributed by atoms with Gasteiger partial charge in [0.1, 0.15) is 16.8 Å². The molecule has 0 radical (unpaired) electrons. The van der Waals surface area contributed by atoms with E-state index >= 15 is 0 Å². The summed E-state index contributed by atoms with van der Waals surface area (Å²) in [6.07, 6.45) is 4.31. The Kier molecular flexibility index (Phi) is 6.27. The van der Waals surface area contributed by atoms with Crippen molar-refractivity contribution in [3.8, 4) is 11.1 Å². The molecule has 0 bridgehead atoms. The van der Waals surface area contributed by atoms with Crippen molar-refractivity contribution in [3.63, 3.8) is 0 Å². The third kappa shape index (κ3) is 4.44. The monoisotopic (exact) mass is 436 g/mol. The summed E-state index contributed by atoms with van der Waals surface area (Å²) in [7, 11) is 1.86. The van der Waals surface area contributed by atoms with E-state index in [1.807, 2.05) is 61.1 Å². The lowest BCUT2D eigenvalue weighted by Gasteiger charge is -2.12. The maximum atomic E-state index is 13.3. The molecule has 0 atom stereocenters. The standard InChI is InChI=1S/C23H24N4O3S/c1-3-11-27-22(29)21-20(18(14-26(21)2)16-8-5-4-6-9-16)25-23(27)31-15-19(28)24-13-17-10-7-12-30-17/h4-10,12,14H,3,11,13,15H2,1-2H3,(H,24,28). The van der Waals surface area contributed by atoms with Crippen molar-refractivity contribution in [1.29, 1.82) is 0 Å². The zero-order valence-electron chi connectivity index (χ0n) is 17.5. The van der Waals surface area contributed by atoms with Gasteiger partial charge < -0.3 is 14.3 Å². The van der Waals surface area contributed by atoms with E-state index in [4.69, 9.17) is 9.40 Å². The molecule has 0 fully saturated rings. The van der Waals surface area contributed by atoms with Crippen molar-refractivity contribution in [3.05, 3.63) is 71.0 Å². The van der Waals surface area contributed by atoms with Gasteiger partial charge >= 0.3 is 0 Å². The molecule has 3 heterocycles. The SMILES string of the molecule is CCCn1c(SCC(=O)NCc2ccco2)nc2c(-c3ccccc3)cn(C)c2c1=O. The zero-order valence-corrected chi connectivity index (χ0v) is 18.3. The first-order valence-corrected chi connectivity index (χ1v) is 11.1. The maximum absolute atomic E-state index is 13.3. The van der Waals surface area contributed by atoms with Gasteiger partial charge in [-0.1, -0.05) is 49.0 Å². The summed E-state index contributed by atoms with van der Waals surface area (Å²) >= 11 is 1.27. The highest BCUT2D eigenvalue weighted by molar-refractivity contribution is 7.99. The molecule has 4 aromatic rings. The molecule has 31 heavy (non-hydrogen) atoms. The van der Waals surface area contributed by atoms with Crippen molar-refractivity contribution in [2.24, 2.45) is 7.05 Å². The van der Waals surface area contributed by atoms with Gasteiger partial charge in [-0.3, -0.25) is 14.2 Å². The van der Waals surface area contributed by atoms with Crippen LogP contribution in [0.25, 0.3) is 22.2 Å². The molecule has 7 nitrogen and oxygen atoms in total. The number of nitrogens with one attached hydrogen (secondary N) is 1. The Morgan fingerprint density at radius 2 is 2.00 bits per heavy atom. The van der Waals surface area contributed by atoms with E-state index in [-0.39, 0.29) is 17.2 Å². The third-order valence-corrected chi connectivity index (χ3v) is 5.92. The second-order valence-electron chi connectivity index (χ2n) is 7.21. The second kappa shape index (κ2) is 9.26. The fraction of sp³-hybridized carbons (Fsp3) is 0.261. The number of aryl methyl sites for hydroxylation is 1. The summed E-state index contributed by atoms with van der Waals surface area (Å²) in [5.41, 5.74) is 3.04. The Hall–Kier alpha value is -3.26. The first kappa shape index (κ1) is 21.0. The number of thioether (sulfide) groups is 1. The number of hydrogen-bond donors (Lipinski definition) is 1. The zero-order chi connectivity index (χ0) is 21.8. The van der Waals surface area contributed by atoms with Crippen LogP contribution in [-0.2, 0) is 24.9 Å². The van der Waals surface area contributed by atoms with Crippen LogP contribution in [0.1, 0.15) is 19.1 Å². The molecule has 0 saturated heterocycles. The molecule has 1 N–H and O–H groups in total. The number of carbonyl (C=O) groups is 1. The lowest BCUT2D eigenvalue weighted by atomic mass is 10.1. The van der Waals surface area contributed by atoms with Gasteiger partial charge in [-0.15, -0.1) is 0 Å². The molecule has 1 aromatic carbocycles. The molecule has 0 saturated carbocycles. The largest absolute Gasteiger partial charge is 0.467 e. The Morgan fingerprint density at radius 1 is 1.19 bits per heavy atom. The molecule has 0 aliphatic carbocycles. The van der Waals surface area contributed by atoms with Gasteiger partial charge in [0, 0.05) is 25.4 Å². The van der Waals surface area contributed by atoms with E-state index in [0.29, 0.717) is 35.0 Å². The van der Waals surface area contributed by atoms with Gasteiger partial charge in [-0.25, -0.2) is 4.98 Å². The van der Waals surface area contributed by atoms with Crippen LogP contribution in [-0.4, -0.2) is 25.8 Å². The lowest BCUT2D eigenvalue weighted by molar-refractivity contribution is -0.118. The Balaban J connectivity index is 1.65. The van der Waals surface area contributed by atoms with E-state index in [1.54, 1.807) is 16.9 Å². The summed E-state index contributed by atoms with van der Waals surface area (Å²) < 4.78 is 8.74. The van der Waals surface area contributed by atoms with Crippen LogP contribution in [0.2, 0.25) is 0 Å². The van der Waals surface area contributed by atoms with Crippen molar-refractivity contribution in [1.82, 2.24) is 19.4 Å². The van der Waals surface area contributed by atoms with Crippen LogP contribution in [0, 0.1) is 0 Å². The summed E-state index contributed by atoms with van der Waals surface area (Å²) in [6, 6.07) is 13.5. The molecule has 0 aliphatic heterocycles. The summed E-state index contributed by atoms with van der Waals surface area (Å²) in [5, 5.41) is 3.38. The van der Waals surface area contributed by atoms with Gasteiger partial charge in [0.25, 0.3) is 5.56 Å².